The molecule has 10 rings (SSSR count). The van der Waals surface area contributed by atoms with E-state index in [1.54, 1.807) is 36.4 Å². The molecule has 0 N–H and O–H groups in total. The molecule has 8 nitrogen and oxygen atoms in total. The Hall–Kier alpha value is -6.30. The van der Waals surface area contributed by atoms with E-state index in [4.69, 9.17) is 28.4 Å². The number of fused-ring (bicyclic) bond motifs is 2. The number of halogens is 2. The summed E-state index contributed by atoms with van der Waals surface area (Å²) in [6, 6.07) is 49.8. The second kappa shape index (κ2) is 18.2. The van der Waals surface area contributed by atoms with E-state index in [2.05, 4.69) is 45.7 Å². The van der Waals surface area contributed by atoms with Gasteiger partial charge in [0.1, 0.15) is 23.0 Å². The summed E-state index contributed by atoms with van der Waals surface area (Å²) in [5.41, 5.74) is 5.97. The van der Waals surface area contributed by atoms with Crippen molar-refractivity contribution in [3.05, 3.63) is 178 Å². The lowest BCUT2D eigenvalue weighted by molar-refractivity contribution is -0.120. The van der Waals surface area contributed by atoms with Crippen molar-refractivity contribution < 1.29 is 38.0 Å². The molecule has 2 aliphatic rings. The average molecular weight is 1000 g/mol. The standard InChI is InChI=1S/C56H44Br2O8/c1-55(29-61-30-55)33-63-45-19-11-37(12-20-45)35-3-7-39(8-4-35)53(59)65-49-25-15-41-27-43(57)17-23-47(41)51(49)52-48-24-18-44(58)28-42(48)16-26-50(52)66-54(60)40-9-5-36(6-10-40)38-13-21-46(22-14-38)64-34-56(2)31-62-32-56/h3-28H,29-34H2,1-2H3. The molecule has 2 heterocycles. The van der Waals surface area contributed by atoms with Crippen LogP contribution in [0, 0.1) is 10.8 Å². The molecule has 2 aliphatic heterocycles. The highest BCUT2D eigenvalue weighted by atomic mass is 79.9. The monoisotopic (exact) mass is 1000 g/mol. The van der Waals surface area contributed by atoms with E-state index in [1.807, 2.05) is 121 Å². The SMILES string of the molecule is CC1(COc2ccc(-c3ccc(C(=O)Oc4ccc5cc(Br)ccc5c4-c4c(OC(=O)c5ccc(-c6ccc(OCC7(C)COC7)cc6)cc5)ccc5cc(Br)ccc45)cc3)cc2)COC1. The van der Waals surface area contributed by atoms with E-state index >= 15 is 0 Å². The van der Waals surface area contributed by atoms with Crippen molar-refractivity contribution in [2.45, 2.75) is 13.8 Å². The molecule has 0 aromatic heterocycles. The first kappa shape index (κ1) is 43.6. The van der Waals surface area contributed by atoms with Gasteiger partial charge < -0.3 is 28.4 Å². The molecule has 0 unspecified atom stereocenters. The topological polar surface area (TPSA) is 89.5 Å². The minimum absolute atomic E-state index is 0.0552. The van der Waals surface area contributed by atoms with Crippen LogP contribution in [0.4, 0.5) is 0 Å². The van der Waals surface area contributed by atoms with Crippen LogP contribution in [0.3, 0.4) is 0 Å². The predicted molar refractivity (Wildman–Crippen MR) is 265 cm³/mol. The van der Waals surface area contributed by atoms with E-state index in [1.165, 1.54) is 0 Å². The van der Waals surface area contributed by atoms with Crippen molar-refractivity contribution in [1.29, 1.82) is 0 Å². The summed E-state index contributed by atoms with van der Waals surface area (Å²) < 4.78 is 37.2. The molecule has 0 atom stereocenters. The number of hydrogen-bond acceptors (Lipinski definition) is 8. The molecule has 10 heteroatoms. The van der Waals surface area contributed by atoms with Gasteiger partial charge in [-0.3, -0.25) is 0 Å². The van der Waals surface area contributed by atoms with E-state index in [9.17, 15) is 9.59 Å². The maximum Gasteiger partial charge on any atom is 0.343 e. The van der Waals surface area contributed by atoms with Crippen LogP contribution in [-0.4, -0.2) is 51.6 Å². The molecular weight excluding hydrogens is 960 g/mol. The van der Waals surface area contributed by atoms with Crippen molar-refractivity contribution in [1.82, 2.24) is 0 Å². The van der Waals surface area contributed by atoms with Crippen molar-refractivity contribution >= 4 is 65.3 Å². The van der Waals surface area contributed by atoms with Gasteiger partial charge in [0.05, 0.1) is 50.8 Å². The van der Waals surface area contributed by atoms with E-state index in [0.29, 0.717) is 73.4 Å². The zero-order valence-corrected chi connectivity index (χ0v) is 39.4. The third-order valence-corrected chi connectivity index (χ3v) is 13.1. The second-order valence-corrected chi connectivity index (χ2v) is 19.6. The van der Waals surface area contributed by atoms with E-state index in [-0.39, 0.29) is 10.8 Å². The molecule has 8 aromatic rings. The third kappa shape index (κ3) is 9.24. The Bertz CT molecular complexity index is 2890. The first-order valence-corrected chi connectivity index (χ1v) is 23.3. The lowest BCUT2D eigenvalue weighted by Gasteiger charge is -2.37. The van der Waals surface area contributed by atoms with Crippen LogP contribution in [0.2, 0.25) is 0 Å². The Morgan fingerprint density at radius 3 is 1.15 bits per heavy atom. The Balaban J connectivity index is 0.928. The quantitative estimate of drug-likeness (QED) is 0.0834. The Kier molecular flexibility index (Phi) is 12.0. The van der Waals surface area contributed by atoms with Crippen LogP contribution in [-0.2, 0) is 9.47 Å². The highest BCUT2D eigenvalue weighted by Gasteiger charge is 2.35. The first-order chi connectivity index (χ1) is 32.0. The highest BCUT2D eigenvalue weighted by molar-refractivity contribution is 9.10. The van der Waals surface area contributed by atoms with Gasteiger partial charge in [-0.25, -0.2) is 9.59 Å². The summed E-state index contributed by atoms with van der Waals surface area (Å²) in [7, 11) is 0. The molecule has 2 saturated heterocycles. The van der Waals surface area contributed by atoms with Crippen molar-refractivity contribution in [3.63, 3.8) is 0 Å². The van der Waals surface area contributed by atoms with E-state index in [0.717, 1.165) is 64.2 Å². The number of ether oxygens (including phenoxy) is 6. The fourth-order valence-electron chi connectivity index (χ4n) is 8.23. The van der Waals surface area contributed by atoms with Crippen LogP contribution < -0.4 is 18.9 Å². The first-order valence-electron chi connectivity index (χ1n) is 21.7. The number of hydrogen-bond donors (Lipinski definition) is 0. The van der Waals surface area contributed by atoms with Crippen LogP contribution >= 0.6 is 31.9 Å². The van der Waals surface area contributed by atoms with Gasteiger partial charge in [-0.05, 0) is 129 Å². The van der Waals surface area contributed by atoms with Gasteiger partial charge in [0.2, 0.25) is 0 Å². The molecule has 0 saturated carbocycles. The fourth-order valence-corrected chi connectivity index (χ4v) is 8.99. The molecule has 0 amide bonds. The molecule has 0 bridgehead atoms. The lowest BCUT2D eigenvalue weighted by Crippen LogP contribution is -2.44. The largest absolute Gasteiger partial charge is 0.493 e. The molecule has 2 fully saturated rings. The minimum Gasteiger partial charge on any atom is -0.493 e. The van der Waals surface area contributed by atoms with Crippen molar-refractivity contribution in [2.75, 3.05) is 39.6 Å². The van der Waals surface area contributed by atoms with Crippen LogP contribution in [0.25, 0.3) is 54.9 Å². The Morgan fingerprint density at radius 2 is 0.818 bits per heavy atom. The summed E-state index contributed by atoms with van der Waals surface area (Å²) in [6.07, 6.45) is 0. The Morgan fingerprint density at radius 1 is 0.470 bits per heavy atom. The summed E-state index contributed by atoms with van der Waals surface area (Å²) in [5.74, 6) is 1.17. The summed E-state index contributed by atoms with van der Waals surface area (Å²) in [6.45, 7) is 8.34. The number of carbonyl (C=O) groups excluding carboxylic acids is 2. The second-order valence-electron chi connectivity index (χ2n) is 17.8. The third-order valence-electron chi connectivity index (χ3n) is 12.1. The average Bonchev–Trinajstić information content (AvgIpc) is 3.32. The number of rotatable bonds is 13. The van der Waals surface area contributed by atoms with Crippen LogP contribution in [0.1, 0.15) is 34.6 Å². The summed E-state index contributed by atoms with van der Waals surface area (Å²) in [5, 5.41) is 3.41. The number of esters is 2. The molecular formula is C56H44Br2O8. The van der Waals surface area contributed by atoms with Crippen LogP contribution in [0.5, 0.6) is 23.0 Å². The summed E-state index contributed by atoms with van der Waals surface area (Å²) >= 11 is 7.26. The van der Waals surface area contributed by atoms with Gasteiger partial charge in [0.15, 0.2) is 0 Å². The molecule has 66 heavy (non-hydrogen) atoms. The fraction of sp³-hybridized carbons (Fsp3) is 0.179. The molecule has 330 valence electrons. The molecule has 0 radical (unpaired) electrons. The Labute approximate surface area is 399 Å². The normalized spacial score (nSPS) is 14.8. The van der Waals surface area contributed by atoms with Gasteiger partial charge in [-0.15, -0.1) is 0 Å². The predicted octanol–water partition coefficient (Wildman–Crippen LogP) is 13.8. The lowest BCUT2D eigenvalue weighted by atomic mass is 9.90. The zero-order chi connectivity index (χ0) is 45.4. The maximum atomic E-state index is 14.1. The van der Waals surface area contributed by atoms with Gasteiger partial charge in [-0.2, -0.15) is 0 Å². The van der Waals surface area contributed by atoms with E-state index < -0.39 is 11.9 Å². The molecule has 0 aliphatic carbocycles. The van der Waals surface area contributed by atoms with Crippen molar-refractivity contribution in [2.24, 2.45) is 10.8 Å². The van der Waals surface area contributed by atoms with Crippen molar-refractivity contribution in [3.8, 4) is 56.4 Å². The van der Waals surface area contributed by atoms with Gasteiger partial charge in [-0.1, -0.05) is 119 Å². The maximum absolute atomic E-state index is 14.1. The number of carbonyl (C=O) groups is 2. The van der Waals surface area contributed by atoms with Gasteiger partial charge >= 0.3 is 11.9 Å². The highest BCUT2D eigenvalue weighted by Crippen LogP contribution is 2.47. The number of benzene rings is 8. The zero-order valence-electron chi connectivity index (χ0n) is 36.3. The van der Waals surface area contributed by atoms with Gasteiger partial charge in [0, 0.05) is 30.9 Å². The van der Waals surface area contributed by atoms with Crippen LogP contribution in [0.15, 0.2) is 167 Å². The summed E-state index contributed by atoms with van der Waals surface area (Å²) in [4.78, 5) is 28.2. The smallest absolute Gasteiger partial charge is 0.343 e. The van der Waals surface area contributed by atoms with Gasteiger partial charge in [0.25, 0.3) is 0 Å². The molecule has 8 aromatic carbocycles. The molecule has 0 spiro atoms. The minimum atomic E-state index is -0.529.